The molecule has 0 aromatic heterocycles. The van der Waals surface area contributed by atoms with Gasteiger partial charge in [-0.25, -0.2) is 0 Å². The zero-order valence-corrected chi connectivity index (χ0v) is 18.2. The second kappa shape index (κ2) is 12.7. The number of carbonyl (C=O) groups is 1. The number of halogens is 1. The van der Waals surface area contributed by atoms with Gasteiger partial charge in [0.05, 0.1) is 6.54 Å². The lowest BCUT2D eigenvalue weighted by Gasteiger charge is -2.21. The standard InChI is InChI=1S/C17H35N5O.HI/c1-6-9-19-16(23)8-10-20-17(18-7-2)21-15-12-22(13(3)4)11-14(15)5;/h13-15H,6-12H2,1-5H3,(H,19,23)(H2,18,20,21);1H. The van der Waals surface area contributed by atoms with Crippen molar-refractivity contribution in [2.75, 3.05) is 32.7 Å². The average molecular weight is 453 g/mol. The van der Waals surface area contributed by atoms with Crippen LogP contribution in [0.5, 0.6) is 0 Å². The van der Waals surface area contributed by atoms with E-state index in [1.165, 1.54) is 0 Å². The van der Waals surface area contributed by atoms with Crippen molar-refractivity contribution in [2.24, 2.45) is 10.9 Å². The SMILES string of the molecule is CCCNC(=O)CCN=C(NCC)NC1CN(C(C)C)CC1C.I. The van der Waals surface area contributed by atoms with Gasteiger partial charge in [0.25, 0.3) is 0 Å². The van der Waals surface area contributed by atoms with Gasteiger partial charge in [-0.15, -0.1) is 24.0 Å². The number of aliphatic imine (C=N–C) groups is 1. The Labute approximate surface area is 164 Å². The molecule has 1 aliphatic heterocycles. The molecule has 0 aliphatic carbocycles. The fourth-order valence-electron chi connectivity index (χ4n) is 2.73. The second-order valence-electron chi connectivity index (χ2n) is 6.64. The molecule has 142 valence electrons. The molecule has 1 amide bonds. The highest BCUT2D eigenvalue weighted by atomic mass is 127. The number of hydrogen-bond donors (Lipinski definition) is 3. The third-order valence-electron chi connectivity index (χ3n) is 4.22. The Hall–Kier alpha value is -0.570. The first-order valence-corrected chi connectivity index (χ1v) is 9.03. The van der Waals surface area contributed by atoms with E-state index in [4.69, 9.17) is 0 Å². The monoisotopic (exact) mass is 453 g/mol. The maximum atomic E-state index is 11.6. The van der Waals surface area contributed by atoms with Crippen molar-refractivity contribution in [3.63, 3.8) is 0 Å². The lowest BCUT2D eigenvalue weighted by atomic mass is 10.1. The number of amides is 1. The summed E-state index contributed by atoms with van der Waals surface area (Å²) in [6.45, 7) is 15.1. The van der Waals surface area contributed by atoms with Crippen molar-refractivity contribution in [3.8, 4) is 0 Å². The Morgan fingerprint density at radius 1 is 1.25 bits per heavy atom. The van der Waals surface area contributed by atoms with Crippen molar-refractivity contribution < 1.29 is 4.79 Å². The summed E-state index contributed by atoms with van der Waals surface area (Å²) in [5.41, 5.74) is 0. The van der Waals surface area contributed by atoms with Crippen LogP contribution in [-0.4, -0.2) is 61.6 Å². The molecule has 0 aromatic rings. The maximum Gasteiger partial charge on any atom is 0.221 e. The lowest BCUT2D eigenvalue weighted by molar-refractivity contribution is -0.120. The van der Waals surface area contributed by atoms with Crippen molar-refractivity contribution in [1.29, 1.82) is 0 Å². The quantitative estimate of drug-likeness (QED) is 0.298. The van der Waals surface area contributed by atoms with Crippen LogP contribution in [-0.2, 0) is 4.79 Å². The summed E-state index contributed by atoms with van der Waals surface area (Å²) in [5.74, 6) is 1.49. The highest BCUT2D eigenvalue weighted by Gasteiger charge is 2.31. The number of carbonyl (C=O) groups excluding carboxylic acids is 1. The average Bonchev–Trinajstić information content (AvgIpc) is 2.86. The predicted molar refractivity (Wildman–Crippen MR) is 112 cm³/mol. The Balaban J connectivity index is 0.00000529. The summed E-state index contributed by atoms with van der Waals surface area (Å²) < 4.78 is 0. The van der Waals surface area contributed by atoms with Crippen LogP contribution in [0, 0.1) is 5.92 Å². The van der Waals surface area contributed by atoms with Crippen LogP contribution in [0.25, 0.3) is 0 Å². The van der Waals surface area contributed by atoms with Gasteiger partial charge in [-0.1, -0.05) is 13.8 Å². The molecule has 1 fully saturated rings. The highest BCUT2D eigenvalue weighted by molar-refractivity contribution is 14.0. The molecule has 2 unspecified atom stereocenters. The van der Waals surface area contributed by atoms with Gasteiger partial charge < -0.3 is 16.0 Å². The fraction of sp³-hybridized carbons (Fsp3) is 0.882. The summed E-state index contributed by atoms with van der Waals surface area (Å²) in [7, 11) is 0. The molecule has 1 aliphatic rings. The van der Waals surface area contributed by atoms with Crippen molar-refractivity contribution in [1.82, 2.24) is 20.9 Å². The Bertz CT molecular complexity index is 389. The van der Waals surface area contributed by atoms with Gasteiger partial charge in [0, 0.05) is 44.7 Å². The minimum Gasteiger partial charge on any atom is -0.357 e. The molecule has 2 atom stereocenters. The minimum absolute atomic E-state index is 0. The first-order valence-electron chi connectivity index (χ1n) is 9.03. The van der Waals surface area contributed by atoms with Gasteiger partial charge in [0.15, 0.2) is 5.96 Å². The van der Waals surface area contributed by atoms with Crippen molar-refractivity contribution in [3.05, 3.63) is 0 Å². The van der Waals surface area contributed by atoms with Crippen LogP contribution in [0.1, 0.15) is 47.5 Å². The first-order chi connectivity index (χ1) is 11.0. The third-order valence-corrected chi connectivity index (χ3v) is 4.22. The first kappa shape index (κ1) is 23.4. The summed E-state index contributed by atoms with van der Waals surface area (Å²) in [4.78, 5) is 18.7. The molecule has 1 saturated heterocycles. The molecule has 1 rings (SSSR count). The summed E-state index contributed by atoms with van der Waals surface area (Å²) in [5, 5.41) is 9.69. The molecule has 0 spiro atoms. The molecule has 6 nitrogen and oxygen atoms in total. The zero-order chi connectivity index (χ0) is 17.2. The van der Waals surface area contributed by atoms with E-state index in [-0.39, 0.29) is 29.9 Å². The number of likely N-dealkylation sites (tertiary alicyclic amines) is 1. The molecule has 0 saturated carbocycles. The molecule has 0 radical (unpaired) electrons. The molecular formula is C17H36IN5O. The summed E-state index contributed by atoms with van der Waals surface area (Å²) in [6, 6.07) is 0.982. The molecular weight excluding hydrogens is 417 g/mol. The van der Waals surface area contributed by atoms with Crippen molar-refractivity contribution >= 4 is 35.8 Å². The number of hydrogen-bond acceptors (Lipinski definition) is 3. The van der Waals surface area contributed by atoms with E-state index >= 15 is 0 Å². The van der Waals surface area contributed by atoms with E-state index in [0.29, 0.717) is 31.0 Å². The maximum absolute atomic E-state index is 11.6. The molecule has 3 N–H and O–H groups in total. The molecule has 0 bridgehead atoms. The molecule has 0 aromatic carbocycles. The van der Waals surface area contributed by atoms with E-state index in [1.54, 1.807) is 0 Å². The number of guanidine groups is 1. The Kier molecular flexibility index (Phi) is 12.4. The minimum atomic E-state index is 0. The summed E-state index contributed by atoms with van der Waals surface area (Å²) >= 11 is 0. The largest absolute Gasteiger partial charge is 0.357 e. The van der Waals surface area contributed by atoms with Gasteiger partial charge in [0.1, 0.15) is 0 Å². The van der Waals surface area contributed by atoms with Gasteiger partial charge >= 0.3 is 0 Å². The van der Waals surface area contributed by atoms with Gasteiger partial charge in [-0.2, -0.15) is 0 Å². The van der Waals surface area contributed by atoms with Crippen LogP contribution in [0.4, 0.5) is 0 Å². The highest BCUT2D eigenvalue weighted by Crippen LogP contribution is 2.18. The van der Waals surface area contributed by atoms with Gasteiger partial charge in [0.2, 0.25) is 5.91 Å². The fourth-order valence-corrected chi connectivity index (χ4v) is 2.73. The predicted octanol–water partition coefficient (Wildman–Crippen LogP) is 1.80. The topological polar surface area (TPSA) is 68.8 Å². The van der Waals surface area contributed by atoms with Gasteiger partial charge in [-0.3, -0.25) is 14.7 Å². The smallest absolute Gasteiger partial charge is 0.221 e. The van der Waals surface area contributed by atoms with E-state index in [1.807, 2.05) is 0 Å². The van der Waals surface area contributed by atoms with Gasteiger partial charge in [-0.05, 0) is 33.1 Å². The molecule has 1 heterocycles. The number of rotatable bonds is 8. The second-order valence-corrected chi connectivity index (χ2v) is 6.64. The lowest BCUT2D eigenvalue weighted by Crippen LogP contribution is -2.47. The van der Waals surface area contributed by atoms with Crippen LogP contribution < -0.4 is 16.0 Å². The van der Waals surface area contributed by atoms with E-state index in [2.05, 4.69) is 60.5 Å². The van der Waals surface area contributed by atoms with E-state index in [0.717, 1.165) is 38.6 Å². The van der Waals surface area contributed by atoms with E-state index < -0.39 is 0 Å². The van der Waals surface area contributed by atoms with Crippen LogP contribution in [0.15, 0.2) is 4.99 Å². The summed E-state index contributed by atoms with van der Waals surface area (Å²) in [6.07, 6.45) is 1.40. The number of nitrogens with zero attached hydrogens (tertiary/aromatic N) is 2. The zero-order valence-electron chi connectivity index (χ0n) is 15.9. The van der Waals surface area contributed by atoms with Crippen LogP contribution >= 0.6 is 24.0 Å². The van der Waals surface area contributed by atoms with Crippen molar-refractivity contribution in [2.45, 2.75) is 59.5 Å². The third kappa shape index (κ3) is 8.50. The Morgan fingerprint density at radius 3 is 2.50 bits per heavy atom. The van der Waals surface area contributed by atoms with E-state index in [9.17, 15) is 4.79 Å². The normalized spacial score (nSPS) is 21.5. The van der Waals surface area contributed by atoms with Crippen LogP contribution in [0.2, 0.25) is 0 Å². The van der Waals surface area contributed by atoms with Crippen LogP contribution in [0.3, 0.4) is 0 Å². The molecule has 24 heavy (non-hydrogen) atoms. The Morgan fingerprint density at radius 2 is 1.96 bits per heavy atom. The molecule has 7 heteroatoms. The number of nitrogens with one attached hydrogen (secondary N) is 3.